The second-order valence-electron chi connectivity index (χ2n) is 2.71. The summed E-state index contributed by atoms with van der Waals surface area (Å²) in [6, 6.07) is 0. The van der Waals surface area contributed by atoms with Gasteiger partial charge in [0.1, 0.15) is 4.99 Å². The normalized spacial score (nSPS) is 16.7. The van der Waals surface area contributed by atoms with Gasteiger partial charge in [-0.15, -0.1) is 11.3 Å². The minimum absolute atomic E-state index is 0.495. The summed E-state index contributed by atoms with van der Waals surface area (Å²) < 4.78 is 0. The molecule has 0 aromatic carbocycles. The predicted molar refractivity (Wildman–Crippen MR) is 50.0 cm³/mol. The van der Waals surface area contributed by atoms with E-state index in [1.165, 1.54) is 12.8 Å². The quantitative estimate of drug-likeness (QED) is 0.710. The average Bonchev–Trinajstić information content (AvgIpc) is 2.68. The van der Waals surface area contributed by atoms with Crippen LogP contribution in [0.4, 0.5) is 0 Å². The Morgan fingerprint density at radius 3 is 3.00 bits per heavy atom. The maximum Gasteiger partial charge on any atom is 0.116 e. The highest BCUT2D eigenvalue weighted by Gasteiger charge is 2.28. The first kappa shape index (κ1) is 7.18. The van der Waals surface area contributed by atoms with Gasteiger partial charge >= 0.3 is 0 Å². The van der Waals surface area contributed by atoms with Crippen molar-refractivity contribution in [1.82, 2.24) is 4.98 Å². The zero-order chi connectivity index (χ0) is 7.84. The van der Waals surface area contributed by atoms with Crippen molar-refractivity contribution < 1.29 is 0 Å². The Kier molecular flexibility index (Phi) is 1.65. The number of thiazole rings is 1. The fraction of sp³-hybridized carbons (Fsp3) is 0.429. The predicted octanol–water partition coefficient (Wildman–Crippen LogP) is 1.65. The molecule has 0 unspecified atom stereocenters. The first-order valence-corrected chi connectivity index (χ1v) is 4.81. The Morgan fingerprint density at radius 2 is 2.45 bits per heavy atom. The maximum absolute atomic E-state index is 5.53. The lowest BCUT2D eigenvalue weighted by atomic mass is 10.2. The van der Waals surface area contributed by atoms with Crippen LogP contribution in [0.5, 0.6) is 0 Å². The molecule has 0 radical (unpaired) electrons. The molecule has 1 heterocycles. The molecular weight excluding hydrogens is 176 g/mol. The minimum Gasteiger partial charge on any atom is -0.389 e. The van der Waals surface area contributed by atoms with Crippen LogP contribution in [-0.4, -0.2) is 9.97 Å². The van der Waals surface area contributed by atoms with Gasteiger partial charge in [0.2, 0.25) is 0 Å². The molecule has 0 aliphatic heterocycles. The topological polar surface area (TPSA) is 38.9 Å². The third-order valence-corrected chi connectivity index (χ3v) is 2.99. The van der Waals surface area contributed by atoms with Gasteiger partial charge in [0.05, 0.1) is 16.1 Å². The fourth-order valence-corrected chi connectivity index (χ4v) is 2.06. The molecule has 0 saturated heterocycles. The lowest BCUT2D eigenvalue weighted by Crippen LogP contribution is -2.09. The van der Waals surface area contributed by atoms with E-state index < -0.39 is 0 Å². The monoisotopic (exact) mass is 184 g/mol. The maximum atomic E-state index is 5.53. The fourth-order valence-electron chi connectivity index (χ4n) is 1.09. The zero-order valence-electron chi connectivity index (χ0n) is 5.91. The molecule has 1 aromatic rings. The minimum atomic E-state index is 0.495. The summed E-state index contributed by atoms with van der Waals surface area (Å²) >= 11 is 6.45. The van der Waals surface area contributed by atoms with Crippen molar-refractivity contribution in [2.45, 2.75) is 18.8 Å². The van der Waals surface area contributed by atoms with Gasteiger partial charge in [-0.3, -0.25) is 0 Å². The molecule has 0 spiro atoms. The van der Waals surface area contributed by atoms with E-state index >= 15 is 0 Å². The van der Waals surface area contributed by atoms with Crippen molar-refractivity contribution in [2.75, 3.05) is 0 Å². The number of nitrogens with zero attached hydrogens (tertiary/aromatic N) is 1. The number of hydrogen-bond donors (Lipinski definition) is 1. The van der Waals surface area contributed by atoms with Gasteiger partial charge < -0.3 is 5.73 Å². The van der Waals surface area contributed by atoms with Crippen LogP contribution in [0.15, 0.2) is 5.51 Å². The molecule has 1 aromatic heterocycles. The van der Waals surface area contributed by atoms with Crippen molar-refractivity contribution in [3.8, 4) is 0 Å². The molecule has 0 amide bonds. The molecule has 2 rings (SSSR count). The SMILES string of the molecule is NC(=S)c1scnc1C1CC1. The van der Waals surface area contributed by atoms with Crippen molar-refractivity contribution in [3.05, 3.63) is 16.1 Å². The van der Waals surface area contributed by atoms with Gasteiger partial charge in [0, 0.05) is 5.92 Å². The van der Waals surface area contributed by atoms with Crippen molar-refractivity contribution in [2.24, 2.45) is 5.73 Å². The lowest BCUT2D eigenvalue weighted by molar-refractivity contribution is 1.05. The van der Waals surface area contributed by atoms with Crippen LogP contribution < -0.4 is 5.73 Å². The first-order valence-electron chi connectivity index (χ1n) is 3.52. The van der Waals surface area contributed by atoms with E-state index in [2.05, 4.69) is 4.98 Å². The molecule has 2 nitrogen and oxygen atoms in total. The number of rotatable bonds is 2. The van der Waals surface area contributed by atoms with Gasteiger partial charge in [0.25, 0.3) is 0 Å². The molecule has 1 aliphatic rings. The van der Waals surface area contributed by atoms with Gasteiger partial charge in [-0.05, 0) is 12.8 Å². The molecule has 11 heavy (non-hydrogen) atoms. The first-order chi connectivity index (χ1) is 5.29. The largest absolute Gasteiger partial charge is 0.389 e. The third kappa shape index (κ3) is 1.28. The molecule has 1 aliphatic carbocycles. The molecule has 2 N–H and O–H groups in total. The van der Waals surface area contributed by atoms with Crippen LogP contribution in [0.25, 0.3) is 0 Å². The molecule has 0 atom stereocenters. The Morgan fingerprint density at radius 1 is 1.73 bits per heavy atom. The van der Waals surface area contributed by atoms with E-state index in [0.717, 1.165) is 10.6 Å². The summed E-state index contributed by atoms with van der Waals surface area (Å²) in [5, 5.41) is 0. The molecule has 4 heteroatoms. The summed E-state index contributed by atoms with van der Waals surface area (Å²) in [6.07, 6.45) is 2.50. The van der Waals surface area contributed by atoms with E-state index in [4.69, 9.17) is 18.0 Å². The summed E-state index contributed by atoms with van der Waals surface area (Å²) in [4.78, 5) is 5.76. The van der Waals surface area contributed by atoms with Crippen LogP contribution in [-0.2, 0) is 0 Å². The second-order valence-corrected chi connectivity index (χ2v) is 4.00. The van der Waals surface area contributed by atoms with E-state index in [-0.39, 0.29) is 0 Å². The van der Waals surface area contributed by atoms with Crippen LogP contribution in [0.2, 0.25) is 0 Å². The highest BCUT2D eigenvalue weighted by atomic mass is 32.1. The van der Waals surface area contributed by atoms with Crippen LogP contribution in [0, 0.1) is 0 Å². The van der Waals surface area contributed by atoms with E-state index in [1.807, 2.05) is 5.51 Å². The molecular formula is C7H8N2S2. The summed E-state index contributed by atoms with van der Waals surface area (Å²) in [6.45, 7) is 0. The number of hydrogen-bond acceptors (Lipinski definition) is 3. The van der Waals surface area contributed by atoms with E-state index in [0.29, 0.717) is 10.9 Å². The average molecular weight is 184 g/mol. The highest BCUT2D eigenvalue weighted by molar-refractivity contribution is 7.81. The second kappa shape index (κ2) is 2.53. The Hall–Kier alpha value is -0.480. The number of aromatic nitrogens is 1. The number of nitrogens with two attached hydrogens (primary N) is 1. The van der Waals surface area contributed by atoms with Gasteiger partial charge in [-0.1, -0.05) is 12.2 Å². The molecule has 58 valence electrons. The lowest BCUT2D eigenvalue weighted by Gasteiger charge is -1.95. The standard InChI is InChI=1S/C7H8N2S2/c8-7(10)6-5(4-1-2-4)9-3-11-6/h3-4H,1-2H2,(H2,8,10). The molecule has 1 saturated carbocycles. The van der Waals surface area contributed by atoms with E-state index in [9.17, 15) is 0 Å². The zero-order valence-corrected chi connectivity index (χ0v) is 7.54. The Bertz CT molecular complexity index is 288. The van der Waals surface area contributed by atoms with Gasteiger partial charge in [-0.25, -0.2) is 4.98 Å². The summed E-state index contributed by atoms with van der Waals surface area (Å²) in [5.41, 5.74) is 8.48. The Balaban J connectivity index is 2.37. The van der Waals surface area contributed by atoms with Crippen LogP contribution >= 0.6 is 23.6 Å². The van der Waals surface area contributed by atoms with E-state index in [1.54, 1.807) is 11.3 Å². The molecule has 1 fully saturated rings. The molecule has 0 bridgehead atoms. The number of thiocarbonyl (C=S) groups is 1. The highest BCUT2D eigenvalue weighted by Crippen LogP contribution is 2.41. The van der Waals surface area contributed by atoms with Crippen LogP contribution in [0.3, 0.4) is 0 Å². The van der Waals surface area contributed by atoms with Crippen LogP contribution in [0.1, 0.15) is 29.3 Å². The van der Waals surface area contributed by atoms with Gasteiger partial charge in [-0.2, -0.15) is 0 Å². The summed E-state index contributed by atoms with van der Waals surface area (Å²) in [7, 11) is 0. The Labute approximate surface area is 74.4 Å². The summed E-state index contributed by atoms with van der Waals surface area (Å²) in [5.74, 6) is 0.651. The third-order valence-electron chi connectivity index (χ3n) is 1.78. The van der Waals surface area contributed by atoms with Crippen molar-refractivity contribution in [3.63, 3.8) is 0 Å². The van der Waals surface area contributed by atoms with Crippen molar-refractivity contribution in [1.29, 1.82) is 0 Å². The van der Waals surface area contributed by atoms with Gasteiger partial charge in [0.15, 0.2) is 0 Å². The van der Waals surface area contributed by atoms with Crippen molar-refractivity contribution >= 4 is 28.5 Å². The smallest absolute Gasteiger partial charge is 0.116 e.